The molecule has 3 heterocycles. The quantitative estimate of drug-likeness (QED) is 0.781. The SMILES string of the molecule is Cn1nc(-c2cccnc2)cc1C(=O)NCc1ncccn1. The van der Waals surface area contributed by atoms with E-state index in [0.717, 1.165) is 5.56 Å². The van der Waals surface area contributed by atoms with Crippen LogP contribution >= 0.6 is 0 Å². The fourth-order valence-electron chi connectivity index (χ4n) is 2.01. The fourth-order valence-corrected chi connectivity index (χ4v) is 2.01. The summed E-state index contributed by atoms with van der Waals surface area (Å²) in [5, 5.41) is 7.12. The van der Waals surface area contributed by atoms with Gasteiger partial charge in [-0.05, 0) is 24.3 Å². The smallest absolute Gasteiger partial charge is 0.269 e. The van der Waals surface area contributed by atoms with Gasteiger partial charge in [-0.15, -0.1) is 0 Å². The van der Waals surface area contributed by atoms with Gasteiger partial charge >= 0.3 is 0 Å². The van der Waals surface area contributed by atoms with Crippen LogP contribution in [0.15, 0.2) is 49.1 Å². The molecule has 0 saturated carbocycles. The van der Waals surface area contributed by atoms with Crippen LogP contribution in [0.5, 0.6) is 0 Å². The Kier molecular flexibility index (Phi) is 3.86. The molecule has 3 aromatic heterocycles. The molecule has 1 N–H and O–H groups in total. The number of nitrogens with zero attached hydrogens (tertiary/aromatic N) is 5. The number of carbonyl (C=O) groups is 1. The molecule has 0 aliphatic carbocycles. The van der Waals surface area contributed by atoms with E-state index in [0.29, 0.717) is 17.2 Å². The Morgan fingerprint density at radius 1 is 1.23 bits per heavy atom. The molecular formula is C15H14N6O. The molecule has 0 aliphatic rings. The van der Waals surface area contributed by atoms with Gasteiger partial charge in [0.15, 0.2) is 0 Å². The van der Waals surface area contributed by atoms with Gasteiger partial charge in [-0.3, -0.25) is 14.5 Å². The molecular weight excluding hydrogens is 280 g/mol. The predicted molar refractivity (Wildman–Crippen MR) is 79.6 cm³/mol. The average molecular weight is 294 g/mol. The summed E-state index contributed by atoms with van der Waals surface area (Å²) in [5.74, 6) is 0.336. The minimum absolute atomic E-state index is 0.224. The first-order valence-electron chi connectivity index (χ1n) is 6.72. The van der Waals surface area contributed by atoms with Crippen LogP contribution in [0.1, 0.15) is 16.3 Å². The standard InChI is InChI=1S/C15H14N6O/c1-21-13(8-12(20-21)11-4-2-5-16-9-11)15(22)19-10-14-17-6-3-7-18-14/h2-9H,10H2,1H3,(H,19,22). The van der Waals surface area contributed by atoms with Gasteiger partial charge < -0.3 is 5.32 Å². The Bertz CT molecular complexity index is 769. The van der Waals surface area contributed by atoms with Crippen molar-refractivity contribution < 1.29 is 4.79 Å². The maximum absolute atomic E-state index is 12.2. The maximum atomic E-state index is 12.2. The summed E-state index contributed by atoms with van der Waals surface area (Å²) in [4.78, 5) is 24.4. The molecule has 110 valence electrons. The lowest BCUT2D eigenvalue weighted by Gasteiger charge is -2.03. The molecule has 22 heavy (non-hydrogen) atoms. The van der Waals surface area contributed by atoms with Crippen LogP contribution in [0.2, 0.25) is 0 Å². The van der Waals surface area contributed by atoms with Crippen LogP contribution in [0.3, 0.4) is 0 Å². The number of hydrogen-bond donors (Lipinski definition) is 1. The van der Waals surface area contributed by atoms with E-state index in [1.165, 1.54) is 0 Å². The molecule has 3 aromatic rings. The van der Waals surface area contributed by atoms with E-state index in [9.17, 15) is 4.79 Å². The lowest BCUT2D eigenvalue weighted by molar-refractivity contribution is 0.0940. The second-order valence-electron chi connectivity index (χ2n) is 4.63. The molecule has 7 nitrogen and oxygen atoms in total. The Labute approximate surface area is 127 Å². The van der Waals surface area contributed by atoms with E-state index >= 15 is 0 Å². The van der Waals surface area contributed by atoms with Crippen molar-refractivity contribution in [2.45, 2.75) is 6.54 Å². The first kappa shape index (κ1) is 13.9. The van der Waals surface area contributed by atoms with Gasteiger partial charge in [0.05, 0.1) is 12.2 Å². The van der Waals surface area contributed by atoms with Crippen molar-refractivity contribution in [1.29, 1.82) is 0 Å². The minimum Gasteiger partial charge on any atom is -0.343 e. The molecule has 0 unspecified atom stereocenters. The van der Waals surface area contributed by atoms with E-state index in [-0.39, 0.29) is 12.5 Å². The third-order valence-corrected chi connectivity index (χ3v) is 3.10. The summed E-state index contributed by atoms with van der Waals surface area (Å²) >= 11 is 0. The third kappa shape index (κ3) is 2.98. The highest BCUT2D eigenvalue weighted by Gasteiger charge is 2.14. The molecule has 0 fully saturated rings. The zero-order chi connectivity index (χ0) is 15.4. The van der Waals surface area contributed by atoms with Gasteiger partial charge in [-0.1, -0.05) is 0 Å². The Hall–Kier alpha value is -3.09. The summed E-state index contributed by atoms with van der Waals surface area (Å²) in [6, 6.07) is 7.19. The van der Waals surface area contributed by atoms with Crippen molar-refractivity contribution in [3.63, 3.8) is 0 Å². The van der Waals surface area contributed by atoms with Crippen LogP contribution in [0.25, 0.3) is 11.3 Å². The first-order valence-corrected chi connectivity index (χ1v) is 6.72. The van der Waals surface area contributed by atoms with Crippen molar-refractivity contribution in [3.05, 3.63) is 60.6 Å². The number of nitrogens with one attached hydrogen (secondary N) is 1. The van der Waals surface area contributed by atoms with Crippen molar-refractivity contribution in [1.82, 2.24) is 30.0 Å². The Morgan fingerprint density at radius 3 is 2.77 bits per heavy atom. The van der Waals surface area contributed by atoms with Crippen LogP contribution in [-0.2, 0) is 13.6 Å². The molecule has 0 radical (unpaired) electrons. The molecule has 0 aromatic carbocycles. The number of carbonyl (C=O) groups excluding carboxylic acids is 1. The lowest BCUT2D eigenvalue weighted by atomic mass is 10.2. The van der Waals surface area contributed by atoms with Crippen LogP contribution in [-0.4, -0.2) is 30.6 Å². The fraction of sp³-hybridized carbons (Fsp3) is 0.133. The normalized spacial score (nSPS) is 10.4. The molecule has 1 amide bonds. The number of rotatable bonds is 4. The van der Waals surface area contributed by atoms with E-state index in [4.69, 9.17) is 0 Å². The lowest BCUT2D eigenvalue weighted by Crippen LogP contribution is -2.25. The first-order chi connectivity index (χ1) is 10.7. The highest BCUT2D eigenvalue weighted by atomic mass is 16.2. The van der Waals surface area contributed by atoms with Crippen LogP contribution < -0.4 is 5.32 Å². The second kappa shape index (κ2) is 6.13. The van der Waals surface area contributed by atoms with Gasteiger partial charge in [-0.2, -0.15) is 5.10 Å². The number of pyridine rings is 1. The molecule has 7 heteroatoms. The highest BCUT2D eigenvalue weighted by Crippen LogP contribution is 2.17. The van der Waals surface area contributed by atoms with Crippen molar-refractivity contribution in [3.8, 4) is 11.3 Å². The molecule has 0 atom stereocenters. The minimum atomic E-state index is -0.224. The monoisotopic (exact) mass is 294 g/mol. The van der Waals surface area contributed by atoms with E-state index < -0.39 is 0 Å². The molecule has 0 bridgehead atoms. The van der Waals surface area contributed by atoms with Crippen molar-refractivity contribution in [2.24, 2.45) is 7.05 Å². The van der Waals surface area contributed by atoms with Gasteiger partial charge in [0.25, 0.3) is 5.91 Å². The number of hydrogen-bond acceptors (Lipinski definition) is 5. The van der Waals surface area contributed by atoms with E-state index in [1.54, 1.807) is 48.6 Å². The van der Waals surface area contributed by atoms with Gasteiger partial charge in [0.2, 0.25) is 0 Å². The molecule has 0 aliphatic heterocycles. The number of aryl methyl sites for hydroxylation is 1. The summed E-state index contributed by atoms with van der Waals surface area (Å²) in [5.41, 5.74) is 2.04. The number of aromatic nitrogens is 5. The van der Waals surface area contributed by atoms with E-state index in [1.807, 2.05) is 12.1 Å². The Balaban J connectivity index is 1.74. The summed E-state index contributed by atoms with van der Waals surface area (Å²) in [6.07, 6.45) is 6.68. The number of amides is 1. The van der Waals surface area contributed by atoms with Crippen LogP contribution in [0, 0.1) is 0 Å². The third-order valence-electron chi connectivity index (χ3n) is 3.10. The molecule has 0 spiro atoms. The predicted octanol–water partition coefficient (Wildman–Crippen LogP) is 1.20. The molecule has 0 saturated heterocycles. The highest BCUT2D eigenvalue weighted by molar-refractivity contribution is 5.93. The van der Waals surface area contributed by atoms with Crippen molar-refractivity contribution >= 4 is 5.91 Å². The van der Waals surface area contributed by atoms with Gasteiger partial charge in [0, 0.05) is 37.4 Å². The topological polar surface area (TPSA) is 85.6 Å². The largest absolute Gasteiger partial charge is 0.343 e. The summed E-state index contributed by atoms with van der Waals surface area (Å²) in [6.45, 7) is 0.271. The zero-order valence-corrected chi connectivity index (χ0v) is 12.0. The maximum Gasteiger partial charge on any atom is 0.269 e. The summed E-state index contributed by atoms with van der Waals surface area (Å²) in [7, 11) is 1.73. The Morgan fingerprint density at radius 2 is 2.05 bits per heavy atom. The molecule has 3 rings (SSSR count). The summed E-state index contributed by atoms with van der Waals surface area (Å²) < 4.78 is 1.55. The van der Waals surface area contributed by atoms with Crippen LogP contribution in [0.4, 0.5) is 0 Å². The zero-order valence-electron chi connectivity index (χ0n) is 12.0. The van der Waals surface area contributed by atoms with Gasteiger partial charge in [-0.25, -0.2) is 9.97 Å². The second-order valence-corrected chi connectivity index (χ2v) is 4.63. The van der Waals surface area contributed by atoms with Gasteiger partial charge in [0.1, 0.15) is 11.5 Å². The van der Waals surface area contributed by atoms with E-state index in [2.05, 4.69) is 25.4 Å². The average Bonchev–Trinajstić information content (AvgIpc) is 2.96. The van der Waals surface area contributed by atoms with Crippen molar-refractivity contribution in [2.75, 3.05) is 0 Å².